The maximum Gasteiger partial charge on any atom is 0.161 e. The summed E-state index contributed by atoms with van der Waals surface area (Å²) in [5.41, 5.74) is 2.62. The summed E-state index contributed by atoms with van der Waals surface area (Å²) in [6.07, 6.45) is 2.21. The predicted octanol–water partition coefficient (Wildman–Crippen LogP) is 5.19. The number of thioether (sulfide) groups is 2. The van der Waals surface area contributed by atoms with Gasteiger partial charge in [0, 0.05) is 6.42 Å². The Bertz CT molecular complexity index is 610. The molecule has 0 aliphatic carbocycles. The molecule has 2 aromatic rings. The molecule has 0 N–H and O–H groups in total. The topological polar surface area (TPSA) is 18.5 Å². The molecule has 2 aromatic carbocycles. The molecule has 0 amide bonds. The van der Waals surface area contributed by atoms with Gasteiger partial charge in [0.1, 0.15) is 0 Å². The van der Waals surface area contributed by atoms with E-state index in [1.54, 1.807) is 7.11 Å². The van der Waals surface area contributed by atoms with Gasteiger partial charge in [-0.1, -0.05) is 36.4 Å². The van der Waals surface area contributed by atoms with Gasteiger partial charge in [-0.05, 0) is 41.2 Å². The summed E-state index contributed by atoms with van der Waals surface area (Å²) in [4.78, 5) is 0. The Labute approximate surface area is 147 Å². The van der Waals surface area contributed by atoms with Crippen LogP contribution in [0.15, 0.2) is 48.5 Å². The van der Waals surface area contributed by atoms with E-state index in [4.69, 9.17) is 9.47 Å². The predicted molar refractivity (Wildman–Crippen MR) is 101 cm³/mol. The summed E-state index contributed by atoms with van der Waals surface area (Å²) in [6.45, 7) is 0.659. The molecule has 0 unspecified atom stereocenters. The third kappa shape index (κ3) is 4.61. The first-order valence-corrected chi connectivity index (χ1v) is 10.0. The van der Waals surface area contributed by atoms with E-state index in [0.29, 0.717) is 11.2 Å². The third-order valence-corrected chi connectivity index (χ3v) is 6.79. The Morgan fingerprint density at radius 2 is 1.78 bits per heavy atom. The van der Waals surface area contributed by atoms with Crippen molar-refractivity contribution < 1.29 is 9.47 Å². The second kappa shape index (κ2) is 8.55. The van der Waals surface area contributed by atoms with Crippen molar-refractivity contribution in [1.29, 1.82) is 0 Å². The van der Waals surface area contributed by atoms with E-state index in [2.05, 4.69) is 42.5 Å². The van der Waals surface area contributed by atoms with Crippen molar-refractivity contribution in [3.63, 3.8) is 0 Å². The molecule has 0 atom stereocenters. The van der Waals surface area contributed by atoms with Crippen LogP contribution in [0, 0.1) is 0 Å². The SMILES string of the molecule is COc1cc(C2SCCCS2)ccc1OCCc1ccccc1. The molecular weight excluding hydrogens is 324 g/mol. The number of hydrogen-bond donors (Lipinski definition) is 0. The van der Waals surface area contributed by atoms with Crippen LogP contribution >= 0.6 is 23.5 Å². The first-order chi connectivity index (χ1) is 11.4. The van der Waals surface area contributed by atoms with Crippen LogP contribution in [0.5, 0.6) is 11.5 Å². The quantitative estimate of drug-likeness (QED) is 0.716. The average molecular weight is 347 g/mol. The van der Waals surface area contributed by atoms with Crippen LogP contribution in [0.2, 0.25) is 0 Å². The summed E-state index contributed by atoms with van der Waals surface area (Å²) >= 11 is 4.05. The van der Waals surface area contributed by atoms with Gasteiger partial charge >= 0.3 is 0 Å². The molecule has 1 fully saturated rings. The van der Waals surface area contributed by atoms with Crippen LogP contribution in [0.4, 0.5) is 0 Å². The van der Waals surface area contributed by atoms with E-state index in [1.165, 1.54) is 29.1 Å². The molecular formula is C19H22O2S2. The summed E-state index contributed by atoms with van der Waals surface area (Å²) in [5, 5.41) is 0. The minimum absolute atomic E-state index is 0.524. The average Bonchev–Trinajstić information content (AvgIpc) is 2.63. The van der Waals surface area contributed by atoms with Crippen LogP contribution in [-0.4, -0.2) is 25.2 Å². The van der Waals surface area contributed by atoms with Gasteiger partial charge in [-0.3, -0.25) is 0 Å². The monoisotopic (exact) mass is 346 g/mol. The molecule has 1 saturated heterocycles. The zero-order chi connectivity index (χ0) is 15.9. The normalized spacial score (nSPS) is 15.3. The summed E-state index contributed by atoms with van der Waals surface area (Å²) in [6, 6.07) is 16.8. The molecule has 122 valence electrons. The fourth-order valence-electron chi connectivity index (χ4n) is 2.55. The Balaban J connectivity index is 1.62. The molecule has 4 heteroatoms. The lowest BCUT2D eigenvalue weighted by atomic mass is 10.2. The summed E-state index contributed by atoms with van der Waals surface area (Å²) in [7, 11) is 1.71. The lowest BCUT2D eigenvalue weighted by molar-refractivity contribution is 0.297. The third-order valence-electron chi connectivity index (χ3n) is 3.78. The zero-order valence-corrected chi connectivity index (χ0v) is 15.0. The molecule has 1 heterocycles. The molecule has 0 aromatic heterocycles. The molecule has 0 saturated carbocycles. The largest absolute Gasteiger partial charge is 0.493 e. The van der Waals surface area contributed by atoms with Crippen molar-refractivity contribution >= 4 is 23.5 Å². The highest BCUT2D eigenvalue weighted by Crippen LogP contribution is 2.45. The van der Waals surface area contributed by atoms with E-state index >= 15 is 0 Å². The first kappa shape index (κ1) is 16.6. The van der Waals surface area contributed by atoms with Crippen LogP contribution in [0.1, 0.15) is 22.1 Å². The maximum absolute atomic E-state index is 5.94. The van der Waals surface area contributed by atoms with E-state index < -0.39 is 0 Å². The first-order valence-electron chi connectivity index (χ1n) is 7.94. The van der Waals surface area contributed by atoms with Gasteiger partial charge in [0.05, 0.1) is 18.3 Å². The maximum atomic E-state index is 5.94. The fourth-order valence-corrected chi connectivity index (χ4v) is 5.43. The number of hydrogen-bond acceptors (Lipinski definition) is 4. The minimum atomic E-state index is 0.524. The molecule has 0 spiro atoms. The summed E-state index contributed by atoms with van der Waals surface area (Å²) < 4.78 is 12.0. The van der Waals surface area contributed by atoms with Crippen LogP contribution in [0.25, 0.3) is 0 Å². The molecule has 1 aliphatic rings. The van der Waals surface area contributed by atoms with Crippen molar-refractivity contribution in [2.75, 3.05) is 25.2 Å². The van der Waals surface area contributed by atoms with E-state index in [0.717, 1.165) is 17.9 Å². The molecule has 23 heavy (non-hydrogen) atoms. The van der Waals surface area contributed by atoms with Crippen molar-refractivity contribution in [2.45, 2.75) is 17.4 Å². The van der Waals surface area contributed by atoms with Crippen molar-refractivity contribution in [3.05, 3.63) is 59.7 Å². The number of ether oxygens (including phenoxy) is 2. The minimum Gasteiger partial charge on any atom is -0.493 e. The number of rotatable bonds is 6. The summed E-state index contributed by atoms with van der Waals surface area (Å²) in [5.74, 6) is 4.16. The highest BCUT2D eigenvalue weighted by atomic mass is 32.2. The van der Waals surface area contributed by atoms with Crippen LogP contribution in [-0.2, 0) is 6.42 Å². The number of benzene rings is 2. The van der Waals surface area contributed by atoms with Gasteiger partial charge in [-0.2, -0.15) is 0 Å². The molecule has 1 aliphatic heterocycles. The Hall–Kier alpha value is -1.26. The van der Waals surface area contributed by atoms with E-state index in [9.17, 15) is 0 Å². The van der Waals surface area contributed by atoms with Crippen LogP contribution < -0.4 is 9.47 Å². The molecule has 0 radical (unpaired) electrons. The fraction of sp³-hybridized carbons (Fsp3) is 0.368. The number of methoxy groups -OCH3 is 1. The van der Waals surface area contributed by atoms with E-state index in [1.807, 2.05) is 29.6 Å². The zero-order valence-electron chi connectivity index (χ0n) is 13.4. The van der Waals surface area contributed by atoms with Crippen LogP contribution in [0.3, 0.4) is 0 Å². The van der Waals surface area contributed by atoms with Crippen molar-refractivity contribution in [2.24, 2.45) is 0 Å². The second-order valence-electron chi connectivity index (χ2n) is 5.42. The Kier molecular flexibility index (Phi) is 6.17. The molecule has 2 nitrogen and oxygen atoms in total. The highest BCUT2D eigenvalue weighted by molar-refractivity contribution is 8.16. The molecule has 3 rings (SSSR count). The smallest absolute Gasteiger partial charge is 0.161 e. The second-order valence-corrected chi connectivity index (χ2v) is 8.15. The van der Waals surface area contributed by atoms with Gasteiger partial charge in [0.25, 0.3) is 0 Å². The Morgan fingerprint density at radius 1 is 1.00 bits per heavy atom. The van der Waals surface area contributed by atoms with Crippen molar-refractivity contribution in [1.82, 2.24) is 0 Å². The standard InChI is InChI=1S/C19H22O2S2/c1-20-18-14-16(19-22-12-5-13-23-19)8-9-17(18)21-11-10-15-6-3-2-4-7-15/h2-4,6-9,14,19H,5,10-13H2,1H3. The lowest BCUT2D eigenvalue weighted by Gasteiger charge is -2.22. The van der Waals surface area contributed by atoms with E-state index in [-0.39, 0.29) is 0 Å². The van der Waals surface area contributed by atoms with Gasteiger partial charge in [0.2, 0.25) is 0 Å². The van der Waals surface area contributed by atoms with Crippen molar-refractivity contribution in [3.8, 4) is 11.5 Å². The highest BCUT2D eigenvalue weighted by Gasteiger charge is 2.18. The van der Waals surface area contributed by atoms with Gasteiger partial charge in [-0.15, -0.1) is 23.5 Å². The molecule has 0 bridgehead atoms. The van der Waals surface area contributed by atoms with Gasteiger partial charge in [0.15, 0.2) is 11.5 Å². The van der Waals surface area contributed by atoms with Gasteiger partial charge < -0.3 is 9.47 Å². The lowest BCUT2D eigenvalue weighted by Crippen LogP contribution is -2.04. The van der Waals surface area contributed by atoms with Gasteiger partial charge in [-0.25, -0.2) is 0 Å². The Morgan fingerprint density at radius 3 is 2.52 bits per heavy atom.